The van der Waals surface area contributed by atoms with Gasteiger partial charge in [0, 0.05) is 11.6 Å². The molecule has 0 aromatic heterocycles. The SMILES string of the molecule is CCOc1cc(C=NNC(=O)Cc2ccccc2[N+](=O)[O-])cc(Br)c1OCC(=O)OC. The van der Waals surface area contributed by atoms with Gasteiger partial charge in [0.15, 0.2) is 18.1 Å². The first kappa shape index (κ1) is 23.8. The van der Waals surface area contributed by atoms with Crippen LogP contribution >= 0.6 is 15.9 Å². The molecule has 1 N–H and O–H groups in total. The molecule has 0 saturated heterocycles. The Morgan fingerprint density at radius 1 is 1.26 bits per heavy atom. The van der Waals surface area contributed by atoms with E-state index in [9.17, 15) is 19.7 Å². The van der Waals surface area contributed by atoms with E-state index >= 15 is 0 Å². The lowest BCUT2D eigenvalue weighted by atomic mass is 10.1. The van der Waals surface area contributed by atoms with Crippen molar-refractivity contribution in [1.82, 2.24) is 5.43 Å². The van der Waals surface area contributed by atoms with E-state index in [0.717, 1.165) is 0 Å². The maximum atomic E-state index is 12.1. The Kier molecular flexibility index (Phi) is 8.94. The number of carbonyl (C=O) groups is 2. The van der Waals surface area contributed by atoms with E-state index in [1.807, 2.05) is 0 Å². The zero-order valence-corrected chi connectivity index (χ0v) is 18.4. The number of hydrazone groups is 1. The predicted molar refractivity (Wildman–Crippen MR) is 115 cm³/mol. The number of para-hydroxylation sites is 1. The average molecular weight is 494 g/mol. The normalized spacial score (nSPS) is 10.5. The molecule has 2 aromatic carbocycles. The molecule has 2 aromatic rings. The number of nitrogens with zero attached hydrogens (tertiary/aromatic N) is 2. The van der Waals surface area contributed by atoms with E-state index in [1.165, 1.54) is 31.5 Å². The fourth-order valence-corrected chi connectivity index (χ4v) is 3.06. The number of esters is 1. The maximum absolute atomic E-state index is 12.1. The number of benzene rings is 2. The van der Waals surface area contributed by atoms with Gasteiger partial charge in [-0.3, -0.25) is 14.9 Å². The number of rotatable bonds is 10. The van der Waals surface area contributed by atoms with Gasteiger partial charge in [0.05, 0.1) is 35.7 Å². The van der Waals surface area contributed by atoms with Gasteiger partial charge in [-0.1, -0.05) is 18.2 Å². The summed E-state index contributed by atoms with van der Waals surface area (Å²) in [6, 6.07) is 9.29. The molecule has 0 saturated carbocycles. The minimum absolute atomic E-state index is 0.130. The molecule has 0 spiro atoms. The van der Waals surface area contributed by atoms with Gasteiger partial charge in [0.25, 0.3) is 5.69 Å². The Hall–Kier alpha value is -3.47. The number of hydrogen-bond donors (Lipinski definition) is 1. The van der Waals surface area contributed by atoms with Crippen LogP contribution in [0, 0.1) is 10.1 Å². The molecule has 0 bridgehead atoms. The first-order valence-electron chi connectivity index (χ1n) is 9.05. The molecule has 0 unspecified atom stereocenters. The van der Waals surface area contributed by atoms with Crippen molar-refractivity contribution in [2.75, 3.05) is 20.3 Å². The Labute approximate surface area is 186 Å². The fourth-order valence-electron chi connectivity index (χ4n) is 2.49. The van der Waals surface area contributed by atoms with Crippen LogP contribution in [0.2, 0.25) is 0 Å². The average Bonchev–Trinajstić information content (AvgIpc) is 2.73. The first-order valence-corrected chi connectivity index (χ1v) is 9.85. The summed E-state index contributed by atoms with van der Waals surface area (Å²) in [5.74, 6) is -0.354. The monoisotopic (exact) mass is 493 g/mol. The molecule has 0 aliphatic carbocycles. The summed E-state index contributed by atoms with van der Waals surface area (Å²) >= 11 is 3.36. The van der Waals surface area contributed by atoms with Gasteiger partial charge < -0.3 is 14.2 Å². The standard InChI is InChI=1S/C20H20BrN3O7/c1-3-30-17-9-13(8-15(21)20(17)31-12-19(26)29-2)11-22-23-18(25)10-14-6-4-5-7-16(14)24(27)28/h4-9,11H,3,10,12H2,1-2H3,(H,23,25). The summed E-state index contributed by atoms with van der Waals surface area (Å²) in [5.41, 5.74) is 3.07. The molecule has 10 nitrogen and oxygen atoms in total. The van der Waals surface area contributed by atoms with Crippen LogP contribution in [0.4, 0.5) is 5.69 Å². The molecule has 1 amide bonds. The van der Waals surface area contributed by atoms with Crippen molar-refractivity contribution in [2.45, 2.75) is 13.3 Å². The van der Waals surface area contributed by atoms with Crippen molar-refractivity contribution in [3.8, 4) is 11.5 Å². The molecule has 0 aliphatic heterocycles. The highest BCUT2D eigenvalue weighted by Crippen LogP contribution is 2.36. The van der Waals surface area contributed by atoms with Crippen LogP contribution in [0.25, 0.3) is 0 Å². The Balaban J connectivity index is 2.09. The van der Waals surface area contributed by atoms with Crippen molar-refractivity contribution < 1.29 is 28.7 Å². The van der Waals surface area contributed by atoms with Crippen LogP contribution in [-0.4, -0.2) is 43.3 Å². The maximum Gasteiger partial charge on any atom is 0.343 e. The highest BCUT2D eigenvalue weighted by molar-refractivity contribution is 9.10. The highest BCUT2D eigenvalue weighted by atomic mass is 79.9. The lowest BCUT2D eigenvalue weighted by molar-refractivity contribution is -0.385. The van der Waals surface area contributed by atoms with E-state index in [4.69, 9.17) is 9.47 Å². The topological polar surface area (TPSA) is 129 Å². The van der Waals surface area contributed by atoms with Crippen molar-refractivity contribution in [3.05, 3.63) is 62.1 Å². The molecule has 0 atom stereocenters. The predicted octanol–water partition coefficient (Wildman–Crippen LogP) is 3.00. The molecule has 31 heavy (non-hydrogen) atoms. The first-order chi connectivity index (χ1) is 14.8. The quantitative estimate of drug-likeness (QED) is 0.233. The smallest absolute Gasteiger partial charge is 0.343 e. The Morgan fingerprint density at radius 2 is 2.00 bits per heavy atom. The van der Waals surface area contributed by atoms with Gasteiger partial charge in [-0.25, -0.2) is 10.2 Å². The second kappa shape index (κ2) is 11.6. The fraction of sp³-hybridized carbons (Fsp3) is 0.250. The summed E-state index contributed by atoms with van der Waals surface area (Å²) in [4.78, 5) is 33.9. The number of hydrogen-bond acceptors (Lipinski definition) is 8. The van der Waals surface area contributed by atoms with Crippen LogP contribution in [0.1, 0.15) is 18.1 Å². The third-order valence-electron chi connectivity index (χ3n) is 3.84. The van der Waals surface area contributed by atoms with Crippen LogP contribution in [0.3, 0.4) is 0 Å². The number of nitro benzene ring substituents is 1. The number of amides is 1. The summed E-state index contributed by atoms with van der Waals surface area (Å²) in [5, 5.41) is 14.9. The molecular weight excluding hydrogens is 474 g/mol. The van der Waals surface area contributed by atoms with E-state index in [-0.39, 0.29) is 24.3 Å². The van der Waals surface area contributed by atoms with Crippen LogP contribution in [0.5, 0.6) is 11.5 Å². The second-order valence-corrected chi connectivity index (χ2v) is 6.84. The molecule has 0 heterocycles. The molecule has 0 fully saturated rings. The minimum atomic E-state index is -0.540. The van der Waals surface area contributed by atoms with E-state index in [1.54, 1.807) is 25.1 Å². The zero-order chi connectivity index (χ0) is 22.8. The number of halogens is 1. The Bertz CT molecular complexity index is 995. The lowest BCUT2D eigenvalue weighted by Crippen LogP contribution is -2.20. The third kappa shape index (κ3) is 7.07. The summed E-state index contributed by atoms with van der Waals surface area (Å²) in [7, 11) is 1.26. The highest BCUT2D eigenvalue weighted by Gasteiger charge is 2.16. The van der Waals surface area contributed by atoms with Gasteiger partial charge in [0.1, 0.15) is 0 Å². The van der Waals surface area contributed by atoms with E-state index in [2.05, 4.69) is 31.2 Å². The second-order valence-electron chi connectivity index (χ2n) is 5.98. The van der Waals surface area contributed by atoms with Crippen LogP contribution < -0.4 is 14.9 Å². The van der Waals surface area contributed by atoms with Gasteiger partial charge in [-0.2, -0.15) is 5.10 Å². The molecule has 0 radical (unpaired) electrons. The molecule has 164 valence electrons. The zero-order valence-electron chi connectivity index (χ0n) is 16.8. The van der Waals surface area contributed by atoms with Crippen LogP contribution in [-0.2, 0) is 20.7 Å². The van der Waals surface area contributed by atoms with Crippen LogP contribution in [0.15, 0.2) is 46.0 Å². The number of carbonyl (C=O) groups excluding carboxylic acids is 2. The molecule has 2 rings (SSSR count). The van der Waals surface area contributed by atoms with E-state index in [0.29, 0.717) is 28.1 Å². The third-order valence-corrected chi connectivity index (χ3v) is 4.42. The van der Waals surface area contributed by atoms with Gasteiger partial charge >= 0.3 is 5.97 Å². The Morgan fingerprint density at radius 3 is 2.68 bits per heavy atom. The molecular formula is C20H20BrN3O7. The number of nitrogens with one attached hydrogen (secondary N) is 1. The van der Waals surface area contributed by atoms with Gasteiger partial charge in [-0.05, 0) is 40.5 Å². The summed E-state index contributed by atoms with van der Waals surface area (Å²) < 4.78 is 16.1. The van der Waals surface area contributed by atoms with Gasteiger partial charge in [0.2, 0.25) is 5.91 Å². The summed E-state index contributed by atoms with van der Waals surface area (Å²) in [6.45, 7) is 1.86. The lowest BCUT2D eigenvalue weighted by Gasteiger charge is -2.13. The van der Waals surface area contributed by atoms with E-state index < -0.39 is 16.8 Å². The number of nitro groups is 1. The molecule has 11 heteroatoms. The number of ether oxygens (including phenoxy) is 3. The number of methoxy groups -OCH3 is 1. The summed E-state index contributed by atoms with van der Waals surface area (Å²) in [6.07, 6.45) is 1.19. The van der Waals surface area contributed by atoms with Crippen molar-refractivity contribution >= 4 is 39.7 Å². The van der Waals surface area contributed by atoms with Gasteiger partial charge in [-0.15, -0.1) is 0 Å². The van der Waals surface area contributed by atoms with Crippen molar-refractivity contribution in [2.24, 2.45) is 5.10 Å². The molecule has 0 aliphatic rings. The minimum Gasteiger partial charge on any atom is -0.490 e. The largest absolute Gasteiger partial charge is 0.490 e. The van der Waals surface area contributed by atoms with Crippen molar-refractivity contribution in [1.29, 1.82) is 0 Å². The van der Waals surface area contributed by atoms with Crippen molar-refractivity contribution in [3.63, 3.8) is 0 Å².